The second-order valence-electron chi connectivity index (χ2n) is 10.1. The van der Waals surface area contributed by atoms with Gasteiger partial charge in [0.1, 0.15) is 23.4 Å². The van der Waals surface area contributed by atoms with Gasteiger partial charge in [-0.25, -0.2) is 0 Å². The molecule has 1 aliphatic carbocycles. The normalized spacial score (nSPS) is 54.8. The van der Waals surface area contributed by atoms with E-state index in [1.807, 2.05) is 0 Å². The van der Waals surface area contributed by atoms with Crippen LogP contribution >= 0.6 is 15.9 Å². The quantitative estimate of drug-likeness (QED) is 0.423. The van der Waals surface area contributed by atoms with Crippen LogP contribution in [0.5, 0.6) is 0 Å². The van der Waals surface area contributed by atoms with Gasteiger partial charge in [0.15, 0.2) is 0 Å². The summed E-state index contributed by atoms with van der Waals surface area (Å²) in [6, 6.07) is 10.00. The summed E-state index contributed by atoms with van der Waals surface area (Å²) in [5.74, 6) is 1.10. The van der Waals surface area contributed by atoms with Crippen molar-refractivity contribution in [2.45, 2.75) is 75.4 Å². The molecule has 11 atom stereocenters. The molecule has 2 unspecified atom stereocenters. The molecule has 1 spiro atoms. The summed E-state index contributed by atoms with van der Waals surface area (Å²) < 4.78 is 0.917. The summed E-state index contributed by atoms with van der Waals surface area (Å²) in [6.45, 7) is 5.57. The van der Waals surface area contributed by atoms with Gasteiger partial charge in [0.2, 0.25) is 0 Å². The van der Waals surface area contributed by atoms with E-state index in [9.17, 15) is 10.2 Å². The van der Waals surface area contributed by atoms with Crippen LogP contribution in [0.4, 0.5) is 5.69 Å². The number of hydrogen-bond donors (Lipinski definition) is 2. The number of alkyl halides is 1. The number of fused-ring (bicyclic) bond motifs is 2. The number of rotatable bonds is 4. The summed E-state index contributed by atoms with van der Waals surface area (Å²) in [4.78, 5) is 2.48. The molecule has 0 radical (unpaired) electrons. The smallest absolute Gasteiger partial charge is 0.139 e. The molecule has 152 valence electrons. The number of aliphatic hydroxyl groups is 2. The van der Waals surface area contributed by atoms with E-state index in [-0.39, 0.29) is 17.7 Å². The van der Waals surface area contributed by atoms with E-state index >= 15 is 0 Å². The summed E-state index contributed by atoms with van der Waals surface area (Å²) in [5.41, 5.74) is 3.56. The fourth-order valence-corrected chi connectivity index (χ4v) is 9.82. The zero-order valence-electron chi connectivity index (χ0n) is 16.8. The molecular formula is C23H32BrN2O2+. The van der Waals surface area contributed by atoms with Crippen molar-refractivity contribution in [3.8, 4) is 0 Å². The van der Waals surface area contributed by atoms with Gasteiger partial charge in [0, 0.05) is 23.4 Å². The number of benzene rings is 1. The van der Waals surface area contributed by atoms with Crippen molar-refractivity contribution >= 4 is 21.6 Å². The lowest BCUT2D eigenvalue weighted by Gasteiger charge is -2.62. The van der Waals surface area contributed by atoms with E-state index in [1.54, 1.807) is 0 Å². The molecule has 6 aliphatic rings. The highest BCUT2D eigenvalue weighted by Crippen LogP contribution is 2.70. The lowest BCUT2D eigenvalue weighted by molar-refractivity contribution is -0.218. The molecule has 1 aromatic rings. The van der Waals surface area contributed by atoms with Crippen molar-refractivity contribution in [2.24, 2.45) is 17.8 Å². The molecular weight excluding hydrogens is 416 g/mol. The first-order chi connectivity index (χ1) is 13.6. The highest BCUT2D eigenvalue weighted by molar-refractivity contribution is 9.09. The van der Waals surface area contributed by atoms with Gasteiger partial charge in [-0.15, -0.1) is 0 Å². The van der Waals surface area contributed by atoms with Crippen LogP contribution in [0.2, 0.25) is 0 Å². The van der Waals surface area contributed by atoms with E-state index < -0.39 is 0 Å². The van der Waals surface area contributed by atoms with Gasteiger partial charge < -0.3 is 10.2 Å². The van der Waals surface area contributed by atoms with Crippen LogP contribution in [0.25, 0.3) is 0 Å². The molecule has 1 aromatic carbocycles. The van der Waals surface area contributed by atoms with Crippen LogP contribution in [0.15, 0.2) is 24.3 Å². The van der Waals surface area contributed by atoms with Gasteiger partial charge in [-0.3, -0.25) is 9.38 Å². The van der Waals surface area contributed by atoms with Gasteiger partial charge in [0.05, 0.1) is 24.1 Å². The van der Waals surface area contributed by atoms with Crippen LogP contribution in [-0.2, 0) is 5.41 Å². The van der Waals surface area contributed by atoms with Crippen LogP contribution < -0.4 is 4.48 Å². The van der Waals surface area contributed by atoms with Crippen molar-refractivity contribution in [3.63, 3.8) is 0 Å². The number of aliphatic hydroxyl groups excluding tert-OH is 2. The Hall–Kier alpha value is -0.460. The Morgan fingerprint density at radius 1 is 1.21 bits per heavy atom. The van der Waals surface area contributed by atoms with Gasteiger partial charge in [-0.1, -0.05) is 32.0 Å². The Morgan fingerprint density at radius 2 is 2.00 bits per heavy atom. The monoisotopic (exact) mass is 447 g/mol. The standard InChI is InChI=1S/C23H32BrN2O2/c1-3-9-26(12-24)18-8-6-5-7-15(18)23-11-17-19(21(23)27)14-10-16(20(23)26)25(17)22(28)13(14)4-2/h5-8,13-14,16-17,19-22,27-28H,3-4,9-12H2,1-2H3/q+1/t13-,14-,16-,17-,19-,20-,21+,22+,23-,26?/m0/s1. The number of para-hydroxylation sites is 1. The van der Waals surface area contributed by atoms with Crippen molar-refractivity contribution in [1.82, 2.24) is 9.38 Å². The first-order valence-electron chi connectivity index (χ1n) is 11.2. The average molecular weight is 448 g/mol. The van der Waals surface area contributed by atoms with Crippen molar-refractivity contribution in [1.29, 1.82) is 0 Å². The molecule has 5 bridgehead atoms. The van der Waals surface area contributed by atoms with Crippen LogP contribution in [0.3, 0.4) is 0 Å². The Kier molecular flexibility index (Phi) is 3.81. The van der Waals surface area contributed by atoms with Crippen molar-refractivity contribution in [2.75, 3.05) is 12.0 Å². The fraction of sp³-hybridized carbons (Fsp3) is 0.739. The van der Waals surface area contributed by atoms with E-state index in [0.717, 1.165) is 42.2 Å². The number of nitrogens with zero attached hydrogens (tertiary/aromatic N) is 2. The molecule has 5 heteroatoms. The third-order valence-electron chi connectivity index (χ3n) is 9.51. The fourth-order valence-electron chi connectivity index (χ4n) is 8.98. The Bertz CT molecular complexity index is 820. The first kappa shape index (κ1) is 18.3. The van der Waals surface area contributed by atoms with E-state index in [0.29, 0.717) is 35.9 Å². The number of halogens is 1. The van der Waals surface area contributed by atoms with Gasteiger partial charge in [0.25, 0.3) is 0 Å². The number of piperidine rings is 4. The third-order valence-corrected chi connectivity index (χ3v) is 10.4. The topological polar surface area (TPSA) is 43.7 Å². The Balaban J connectivity index is 1.62. The highest BCUT2D eigenvalue weighted by atomic mass is 79.9. The summed E-state index contributed by atoms with van der Waals surface area (Å²) in [6.07, 6.45) is 3.66. The summed E-state index contributed by atoms with van der Waals surface area (Å²) in [5, 5.41) is 23.3. The third kappa shape index (κ3) is 1.72. The number of quaternary nitrogens is 1. The molecule has 0 aromatic heterocycles. The lowest BCUT2D eigenvalue weighted by atomic mass is 9.62. The number of hydrogen-bond acceptors (Lipinski definition) is 3. The van der Waals surface area contributed by atoms with Gasteiger partial charge in [-0.2, -0.15) is 0 Å². The molecule has 5 fully saturated rings. The summed E-state index contributed by atoms with van der Waals surface area (Å²) >= 11 is 3.93. The zero-order chi connectivity index (χ0) is 19.4. The second kappa shape index (κ2) is 5.82. The molecule has 2 N–H and O–H groups in total. The van der Waals surface area contributed by atoms with E-state index in [2.05, 4.69) is 58.9 Å². The molecule has 1 saturated carbocycles. The minimum Gasteiger partial charge on any atom is -0.392 e. The SMILES string of the molecule is CCC[N+]1(CBr)c2ccccc2[C@@]23C[C@H]4[C@H]([C@H]5C[C@@H]([C@@H]21)N4[C@H](O)[C@H]5CC)[C@H]3O. The molecule has 7 rings (SSSR count). The minimum atomic E-state index is -0.333. The predicted octanol–water partition coefficient (Wildman–Crippen LogP) is 3.19. The molecule has 5 aliphatic heterocycles. The van der Waals surface area contributed by atoms with Crippen molar-refractivity contribution < 1.29 is 10.2 Å². The van der Waals surface area contributed by atoms with Crippen LogP contribution in [0.1, 0.15) is 45.1 Å². The Morgan fingerprint density at radius 3 is 2.71 bits per heavy atom. The molecule has 5 heterocycles. The first-order valence-corrected chi connectivity index (χ1v) is 12.3. The minimum absolute atomic E-state index is 0.146. The molecule has 4 nitrogen and oxygen atoms in total. The molecule has 0 amide bonds. The van der Waals surface area contributed by atoms with E-state index in [1.165, 1.54) is 11.3 Å². The molecule has 28 heavy (non-hydrogen) atoms. The van der Waals surface area contributed by atoms with Crippen LogP contribution in [0, 0.1) is 17.8 Å². The molecule has 4 saturated heterocycles. The van der Waals surface area contributed by atoms with Crippen molar-refractivity contribution in [3.05, 3.63) is 29.8 Å². The maximum atomic E-state index is 12.0. The predicted molar refractivity (Wildman–Crippen MR) is 114 cm³/mol. The Labute approximate surface area is 176 Å². The van der Waals surface area contributed by atoms with Gasteiger partial charge in [-0.05, 0) is 53.6 Å². The average Bonchev–Trinajstić information content (AvgIpc) is 3.09. The maximum absolute atomic E-state index is 12.0. The zero-order valence-corrected chi connectivity index (χ0v) is 18.4. The van der Waals surface area contributed by atoms with Gasteiger partial charge >= 0.3 is 0 Å². The highest BCUT2D eigenvalue weighted by Gasteiger charge is 2.80. The second-order valence-corrected chi connectivity index (χ2v) is 10.6. The lowest BCUT2D eigenvalue weighted by Crippen LogP contribution is -2.76. The van der Waals surface area contributed by atoms with E-state index in [4.69, 9.17) is 0 Å². The maximum Gasteiger partial charge on any atom is 0.139 e. The summed E-state index contributed by atoms with van der Waals surface area (Å²) in [7, 11) is 0. The van der Waals surface area contributed by atoms with Crippen LogP contribution in [-0.4, -0.2) is 57.6 Å². The largest absolute Gasteiger partial charge is 0.392 e.